The Morgan fingerprint density at radius 1 is 1.28 bits per heavy atom. The molecule has 1 unspecified atom stereocenters. The van der Waals surface area contributed by atoms with Gasteiger partial charge >= 0.3 is 0 Å². The molecule has 0 saturated heterocycles. The molecule has 1 rings (SSSR count). The van der Waals surface area contributed by atoms with Crippen molar-refractivity contribution in [2.45, 2.75) is 33.1 Å². The van der Waals surface area contributed by atoms with Crippen molar-refractivity contribution in [2.75, 3.05) is 30.8 Å². The van der Waals surface area contributed by atoms with Gasteiger partial charge in [0.1, 0.15) is 17.5 Å². The van der Waals surface area contributed by atoms with Crippen molar-refractivity contribution in [1.29, 1.82) is 0 Å². The molecule has 0 aromatic carbocycles. The monoisotopic (exact) mass is 252 g/mol. The smallest absolute Gasteiger partial charge is 0.131 e. The first kappa shape index (κ1) is 14.7. The van der Waals surface area contributed by atoms with Crippen LogP contribution in [0, 0.1) is 12.8 Å². The highest BCUT2D eigenvalue weighted by Gasteiger charge is 2.08. The molecule has 18 heavy (non-hydrogen) atoms. The quantitative estimate of drug-likeness (QED) is 0.660. The minimum Gasteiger partial charge on any atom is -0.396 e. The second kappa shape index (κ2) is 7.87. The predicted molar refractivity (Wildman–Crippen MR) is 74.9 cm³/mol. The molecular formula is C13H24N4O. The molecule has 0 fully saturated rings. The maximum absolute atomic E-state index is 9.02. The van der Waals surface area contributed by atoms with Crippen LogP contribution in [0.3, 0.4) is 0 Å². The van der Waals surface area contributed by atoms with E-state index in [-0.39, 0.29) is 6.61 Å². The van der Waals surface area contributed by atoms with E-state index in [1.807, 2.05) is 20.0 Å². The first-order chi connectivity index (χ1) is 8.69. The van der Waals surface area contributed by atoms with Crippen LogP contribution in [0.25, 0.3) is 0 Å². The first-order valence-corrected chi connectivity index (χ1v) is 6.57. The van der Waals surface area contributed by atoms with Gasteiger partial charge in [0, 0.05) is 26.3 Å². The summed E-state index contributed by atoms with van der Waals surface area (Å²) in [5.74, 6) is 2.90. The zero-order chi connectivity index (χ0) is 13.4. The van der Waals surface area contributed by atoms with Crippen LogP contribution in [0.1, 0.15) is 32.0 Å². The highest BCUT2D eigenvalue weighted by Crippen LogP contribution is 2.14. The Labute approximate surface area is 109 Å². The first-order valence-electron chi connectivity index (χ1n) is 6.57. The van der Waals surface area contributed by atoms with Gasteiger partial charge in [-0.1, -0.05) is 13.3 Å². The predicted octanol–water partition coefficient (Wildman–Crippen LogP) is 2.04. The number of nitrogens with one attached hydrogen (secondary N) is 2. The van der Waals surface area contributed by atoms with Crippen molar-refractivity contribution < 1.29 is 5.11 Å². The number of aryl methyl sites for hydroxylation is 1. The Balaban J connectivity index is 2.57. The van der Waals surface area contributed by atoms with Gasteiger partial charge in [0.05, 0.1) is 0 Å². The van der Waals surface area contributed by atoms with E-state index in [9.17, 15) is 0 Å². The van der Waals surface area contributed by atoms with Gasteiger partial charge in [-0.25, -0.2) is 9.97 Å². The van der Waals surface area contributed by atoms with Crippen molar-refractivity contribution in [3.05, 3.63) is 11.9 Å². The molecule has 0 spiro atoms. The third-order valence-electron chi connectivity index (χ3n) is 2.90. The number of hydrogen-bond donors (Lipinski definition) is 3. The molecule has 1 heterocycles. The zero-order valence-electron chi connectivity index (χ0n) is 11.5. The summed E-state index contributed by atoms with van der Waals surface area (Å²) in [4.78, 5) is 8.60. The molecule has 3 N–H and O–H groups in total. The lowest BCUT2D eigenvalue weighted by atomic mass is 10.0. The molecule has 102 valence electrons. The van der Waals surface area contributed by atoms with Crippen LogP contribution in [-0.2, 0) is 0 Å². The van der Waals surface area contributed by atoms with Gasteiger partial charge in [-0.2, -0.15) is 0 Å². The molecule has 0 radical (unpaired) electrons. The maximum atomic E-state index is 9.02. The van der Waals surface area contributed by atoms with Crippen LogP contribution >= 0.6 is 0 Å². The van der Waals surface area contributed by atoms with Crippen molar-refractivity contribution in [1.82, 2.24) is 9.97 Å². The van der Waals surface area contributed by atoms with Crippen LogP contribution in [0.5, 0.6) is 0 Å². The summed E-state index contributed by atoms with van der Waals surface area (Å²) in [6.07, 6.45) is 3.09. The minimum atomic E-state index is 0.247. The molecule has 1 aromatic rings. The lowest BCUT2D eigenvalue weighted by Gasteiger charge is -2.16. The summed E-state index contributed by atoms with van der Waals surface area (Å²) in [6, 6.07) is 1.90. The molecule has 0 aliphatic heterocycles. The third-order valence-corrected chi connectivity index (χ3v) is 2.90. The van der Waals surface area contributed by atoms with Crippen molar-refractivity contribution in [2.24, 2.45) is 5.92 Å². The Morgan fingerprint density at radius 3 is 2.61 bits per heavy atom. The van der Waals surface area contributed by atoms with E-state index in [2.05, 4.69) is 27.5 Å². The highest BCUT2D eigenvalue weighted by atomic mass is 16.3. The minimum absolute atomic E-state index is 0.247. The second-order valence-electron chi connectivity index (χ2n) is 4.48. The topological polar surface area (TPSA) is 70.1 Å². The molecular weight excluding hydrogens is 228 g/mol. The molecule has 0 bridgehead atoms. The summed E-state index contributed by atoms with van der Waals surface area (Å²) >= 11 is 0. The number of aliphatic hydroxyl groups is 1. The number of nitrogens with zero attached hydrogens (tertiary/aromatic N) is 2. The SMILES string of the molecule is CCCC(CCO)CNc1cc(NC)nc(C)n1. The van der Waals surface area contributed by atoms with Crippen LogP contribution in [0.2, 0.25) is 0 Å². The van der Waals surface area contributed by atoms with E-state index in [1.54, 1.807) is 0 Å². The molecule has 0 amide bonds. The molecule has 5 heteroatoms. The van der Waals surface area contributed by atoms with E-state index < -0.39 is 0 Å². The number of hydrogen-bond acceptors (Lipinski definition) is 5. The van der Waals surface area contributed by atoms with Crippen LogP contribution in [0.4, 0.5) is 11.6 Å². The van der Waals surface area contributed by atoms with Crippen LogP contribution in [-0.4, -0.2) is 35.3 Å². The van der Waals surface area contributed by atoms with E-state index in [0.717, 1.165) is 43.3 Å². The summed E-state index contributed by atoms with van der Waals surface area (Å²) < 4.78 is 0. The third kappa shape index (κ3) is 4.87. The maximum Gasteiger partial charge on any atom is 0.131 e. The van der Waals surface area contributed by atoms with Gasteiger partial charge in [-0.3, -0.25) is 0 Å². The molecule has 1 atom stereocenters. The van der Waals surface area contributed by atoms with Gasteiger partial charge in [-0.05, 0) is 25.7 Å². The number of aliphatic hydroxyl groups excluding tert-OH is 1. The molecule has 5 nitrogen and oxygen atoms in total. The fourth-order valence-corrected chi connectivity index (χ4v) is 1.97. The molecule has 0 aliphatic rings. The largest absolute Gasteiger partial charge is 0.396 e. The summed E-state index contributed by atoms with van der Waals surface area (Å²) in [7, 11) is 1.84. The standard InChI is InChI=1S/C13H24N4O/c1-4-5-11(6-7-18)9-15-13-8-12(14-3)16-10(2)17-13/h8,11,18H,4-7,9H2,1-3H3,(H2,14,15,16,17). The van der Waals surface area contributed by atoms with Gasteiger partial charge in [0.15, 0.2) is 0 Å². The molecule has 0 aliphatic carbocycles. The van der Waals surface area contributed by atoms with Crippen LogP contribution in [0.15, 0.2) is 6.07 Å². The summed E-state index contributed by atoms with van der Waals surface area (Å²) in [6.45, 7) is 5.13. The Hall–Kier alpha value is -1.36. The summed E-state index contributed by atoms with van der Waals surface area (Å²) in [5.41, 5.74) is 0. The lowest BCUT2D eigenvalue weighted by Crippen LogP contribution is -2.16. The van der Waals surface area contributed by atoms with E-state index in [1.165, 1.54) is 0 Å². The molecule has 0 saturated carbocycles. The van der Waals surface area contributed by atoms with E-state index in [0.29, 0.717) is 5.92 Å². The second-order valence-corrected chi connectivity index (χ2v) is 4.48. The number of aromatic nitrogens is 2. The Morgan fingerprint density at radius 2 is 2.00 bits per heavy atom. The Kier molecular flexibility index (Phi) is 6.43. The van der Waals surface area contributed by atoms with Crippen LogP contribution < -0.4 is 10.6 Å². The summed E-state index contributed by atoms with van der Waals surface area (Å²) in [5, 5.41) is 15.4. The highest BCUT2D eigenvalue weighted by molar-refractivity contribution is 5.47. The normalized spacial score (nSPS) is 12.2. The van der Waals surface area contributed by atoms with E-state index >= 15 is 0 Å². The molecule has 1 aromatic heterocycles. The fraction of sp³-hybridized carbons (Fsp3) is 0.692. The zero-order valence-corrected chi connectivity index (χ0v) is 11.5. The number of anilines is 2. The average Bonchev–Trinajstić information content (AvgIpc) is 2.36. The van der Waals surface area contributed by atoms with Crippen molar-refractivity contribution >= 4 is 11.6 Å². The average molecular weight is 252 g/mol. The van der Waals surface area contributed by atoms with Crippen molar-refractivity contribution in [3.8, 4) is 0 Å². The van der Waals surface area contributed by atoms with Gasteiger partial charge in [0.25, 0.3) is 0 Å². The van der Waals surface area contributed by atoms with E-state index in [4.69, 9.17) is 5.11 Å². The van der Waals surface area contributed by atoms with Gasteiger partial charge in [-0.15, -0.1) is 0 Å². The Bertz CT molecular complexity index is 351. The fourth-order valence-electron chi connectivity index (χ4n) is 1.97. The lowest BCUT2D eigenvalue weighted by molar-refractivity contribution is 0.255. The van der Waals surface area contributed by atoms with Gasteiger partial charge < -0.3 is 15.7 Å². The number of rotatable bonds is 8. The van der Waals surface area contributed by atoms with Crippen molar-refractivity contribution in [3.63, 3.8) is 0 Å². The van der Waals surface area contributed by atoms with Gasteiger partial charge in [0.2, 0.25) is 0 Å².